The van der Waals surface area contributed by atoms with E-state index < -0.39 is 11.9 Å². The number of anilines is 1. The molecular formula is C26H23Cl2N3O4S. The van der Waals surface area contributed by atoms with Gasteiger partial charge in [-0.3, -0.25) is 4.79 Å². The number of nitriles is 1. The zero-order chi connectivity index (χ0) is 26.2. The number of allylic oxidation sites excluding steroid dienone is 2. The van der Waals surface area contributed by atoms with Gasteiger partial charge in [0.25, 0.3) is 0 Å². The van der Waals surface area contributed by atoms with Crippen LogP contribution in [0.15, 0.2) is 77.0 Å². The second-order valence-corrected chi connectivity index (χ2v) is 9.37. The summed E-state index contributed by atoms with van der Waals surface area (Å²) < 4.78 is 10.6. The number of hydrogen-bond acceptors (Lipinski definition) is 7. The molecule has 186 valence electrons. The Kier molecular flexibility index (Phi) is 9.48. The summed E-state index contributed by atoms with van der Waals surface area (Å²) in [4.78, 5) is 25.7. The second-order valence-electron chi connectivity index (χ2n) is 7.54. The van der Waals surface area contributed by atoms with E-state index in [0.717, 1.165) is 11.8 Å². The van der Waals surface area contributed by atoms with E-state index in [4.69, 9.17) is 32.7 Å². The molecule has 2 N–H and O–H groups in total. The van der Waals surface area contributed by atoms with Crippen molar-refractivity contribution >= 4 is 52.5 Å². The molecule has 0 saturated heterocycles. The van der Waals surface area contributed by atoms with Gasteiger partial charge in [0, 0.05) is 15.7 Å². The van der Waals surface area contributed by atoms with Gasteiger partial charge in [0.2, 0.25) is 5.91 Å². The first kappa shape index (κ1) is 27.2. The Morgan fingerprint density at radius 2 is 2.03 bits per heavy atom. The molecule has 2 aromatic carbocycles. The van der Waals surface area contributed by atoms with Gasteiger partial charge in [0.1, 0.15) is 12.4 Å². The van der Waals surface area contributed by atoms with Crippen LogP contribution in [0.2, 0.25) is 10.0 Å². The molecule has 1 aliphatic rings. The lowest BCUT2D eigenvalue weighted by Crippen LogP contribution is -2.29. The molecule has 0 saturated carbocycles. The maximum atomic E-state index is 13.0. The summed E-state index contributed by atoms with van der Waals surface area (Å²) >= 11 is 13.6. The van der Waals surface area contributed by atoms with Gasteiger partial charge >= 0.3 is 5.97 Å². The molecule has 1 heterocycles. The summed E-state index contributed by atoms with van der Waals surface area (Å²) in [6, 6.07) is 14.1. The van der Waals surface area contributed by atoms with Crippen molar-refractivity contribution in [2.75, 3.05) is 24.8 Å². The number of hydrogen-bond donors (Lipinski definition) is 2. The number of esters is 1. The van der Waals surface area contributed by atoms with E-state index in [9.17, 15) is 14.9 Å². The highest BCUT2D eigenvalue weighted by atomic mass is 35.5. The van der Waals surface area contributed by atoms with E-state index in [0.29, 0.717) is 37.8 Å². The molecule has 0 radical (unpaired) electrons. The first-order valence-electron chi connectivity index (χ1n) is 10.7. The van der Waals surface area contributed by atoms with Crippen LogP contribution in [-0.4, -0.2) is 31.3 Å². The molecule has 7 nitrogen and oxygen atoms in total. The number of ether oxygens (including phenoxy) is 2. The third-order valence-corrected chi connectivity index (χ3v) is 6.80. The molecule has 0 aromatic heterocycles. The molecule has 0 spiro atoms. The zero-order valence-electron chi connectivity index (χ0n) is 19.6. The number of halogens is 2. The number of amides is 1. The van der Waals surface area contributed by atoms with E-state index in [1.807, 2.05) is 0 Å². The number of thioether (sulfide) groups is 1. The maximum Gasteiger partial charge on any atom is 0.337 e. The summed E-state index contributed by atoms with van der Waals surface area (Å²) in [6.07, 6.45) is 1.46. The molecule has 3 rings (SSSR count). The zero-order valence-corrected chi connectivity index (χ0v) is 21.9. The van der Waals surface area contributed by atoms with Crippen molar-refractivity contribution in [3.63, 3.8) is 0 Å². The van der Waals surface area contributed by atoms with Gasteiger partial charge in [-0.1, -0.05) is 65.8 Å². The Morgan fingerprint density at radius 3 is 2.69 bits per heavy atom. The molecule has 0 aliphatic carbocycles. The molecule has 1 amide bonds. The van der Waals surface area contributed by atoms with Crippen LogP contribution in [0.1, 0.15) is 18.4 Å². The number of rotatable bonds is 9. The summed E-state index contributed by atoms with van der Waals surface area (Å²) in [5, 5.41) is 17.3. The standard InChI is InChI=1S/C26H23Cl2N3O4S/c1-4-11-35-26(33)23-15(2)30-25(18(13-29)24(23)17-7-5-6-8-19(17)28)36-14-22(32)31-20-12-16(27)9-10-21(20)34-3/h4-10,12,24,30H,1,11,14H2,2-3H3,(H,31,32)/t24-/m1/s1. The fourth-order valence-electron chi connectivity index (χ4n) is 3.63. The van der Waals surface area contributed by atoms with Gasteiger partial charge in [0.15, 0.2) is 0 Å². The number of carbonyl (C=O) groups excluding carboxylic acids is 2. The Balaban J connectivity index is 1.92. The molecule has 1 aliphatic heterocycles. The highest BCUT2D eigenvalue weighted by Crippen LogP contribution is 2.43. The van der Waals surface area contributed by atoms with E-state index >= 15 is 0 Å². The van der Waals surface area contributed by atoms with Crippen LogP contribution >= 0.6 is 35.0 Å². The number of nitrogens with one attached hydrogen (secondary N) is 2. The predicted octanol–water partition coefficient (Wildman–Crippen LogP) is 5.80. The summed E-state index contributed by atoms with van der Waals surface area (Å²) in [5.41, 5.74) is 2.01. The number of dihydropyridines is 1. The Morgan fingerprint density at radius 1 is 1.28 bits per heavy atom. The smallest absolute Gasteiger partial charge is 0.337 e. The van der Waals surface area contributed by atoms with E-state index in [1.165, 1.54) is 13.2 Å². The fourth-order valence-corrected chi connectivity index (χ4v) is 4.94. The van der Waals surface area contributed by atoms with Crippen molar-refractivity contribution in [3.8, 4) is 11.8 Å². The molecule has 2 aromatic rings. The summed E-state index contributed by atoms with van der Waals surface area (Å²) in [7, 11) is 1.49. The maximum absolute atomic E-state index is 13.0. The highest BCUT2D eigenvalue weighted by Gasteiger charge is 2.36. The Labute approximate surface area is 223 Å². The van der Waals surface area contributed by atoms with Gasteiger partial charge in [-0.15, -0.1) is 0 Å². The van der Waals surface area contributed by atoms with Crippen molar-refractivity contribution in [1.29, 1.82) is 5.26 Å². The largest absolute Gasteiger partial charge is 0.495 e. The molecule has 0 bridgehead atoms. The van der Waals surface area contributed by atoms with Gasteiger partial charge in [0.05, 0.1) is 46.7 Å². The van der Waals surface area contributed by atoms with Gasteiger partial charge in [-0.05, 0) is 36.8 Å². The number of nitrogens with zero attached hydrogens (tertiary/aromatic N) is 1. The Bertz CT molecular complexity index is 1300. The highest BCUT2D eigenvalue weighted by molar-refractivity contribution is 8.03. The van der Waals surface area contributed by atoms with E-state index in [1.54, 1.807) is 49.4 Å². The van der Waals surface area contributed by atoms with Gasteiger partial charge in [-0.25, -0.2) is 4.79 Å². The molecule has 1 atom stereocenters. The molecule has 0 fully saturated rings. The minimum atomic E-state index is -0.777. The first-order chi connectivity index (χ1) is 17.3. The van der Waals surface area contributed by atoms with Crippen LogP contribution in [0.3, 0.4) is 0 Å². The Hall–Kier alpha value is -3.38. The lowest BCUT2D eigenvalue weighted by atomic mass is 9.82. The molecular weight excluding hydrogens is 521 g/mol. The molecule has 0 unspecified atom stereocenters. The van der Waals surface area contributed by atoms with Crippen LogP contribution in [0.25, 0.3) is 0 Å². The monoisotopic (exact) mass is 543 g/mol. The summed E-state index contributed by atoms with van der Waals surface area (Å²) in [6.45, 7) is 5.30. The van der Waals surface area contributed by atoms with Crippen molar-refractivity contribution < 1.29 is 19.1 Å². The van der Waals surface area contributed by atoms with Crippen molar-refractivity contribution in [2.24, 2.45) is 0 Å². The van der Waals surface area contributed by atoms with Crippen LogP contribution < -0.4 is 15.4 Å². The third kappa shape index (κ3) is 6.24. The van der Waals surface area contributed by atoms with Crippen molar-refractivity contribution in [1.82, 2.24) is 5.32 Å². The quantitative estimate of drug-likeness (QED) is 0.304. The van der Waals surface area contributed by atoms with E-state index in [2.05, 4.69) is 23.3 Å². The number of methoxy groups -OCH3 is 1. The third-order valence-electron chi connectivity index (χ3n) is 5.20. The second kappa shape index (κ2) is 12.5. The van der Waals surface area contributed by atoms with E-state index in [-0.39, 0.29) is 29.4 Å². The van der Waals surface area contributed by atoms with Crippen molar-refractivity contribution in [3.05, 3.63) is 92.6 Å². The normalized spacial score (nSPS) is 15.0. The average Bonchev–Trinajstić information content (AvgIpc) is 2.86. The minimum Gasteiger partial charge on any atom is -0.495 e. The van der Waals surface area contributed by atoms with Crippen LogP contribution in [0.5, 0.6) is 5.75 Å². The van der Waals surface area contributed by atoms with Crippen molar-refractivity contribution in [2.45, 2.75) is 12.8 Å². The lowest BCUT2D eigenvalue weighted by molar-refractivity contribution is -0.138. The molecule has 36 heavy (non-hydrogen) atoms. The summed E-state index contributed by atoms with van der Waals surface area (Å²) in [5.74, 6) is -1.26. The number of carbonyl (C=O) groups is 2. The lowest BCUT2D eigenvalue weighted by Gasteiger charge is -2.29. The topological polar surface area (TPSA) is 100 Å². The molecule has 10 heteroatoms. The fraction of sp³-hybridized carbons (Fsp3) is 0.192. The SMILES string of the molecule is C=CCOC(=O)C1=C(C)NC(SCC(=O)Nc2cc(Cl)ccc2OC)=C(C#N)[C@H]1c1ccccc1Cl. The van der Waals surface area contributed by atoms with Gasteiger partial charge < -0.3 is 20.1 Å². The van der Waals surface area contributed by atoms with Crippen LogP contribution in [0, 0.1) is 11.3 Å². The van der Waals surface area contributed by atoms with Gasteiger partial charge in [-0.2, -0.15) is 5.26 Å². The van der Waals surface area contributed by atoms with Crippen LogP contribution in [-0.2, 0) is 14.3 Å². The minimum absolute atomic E-state index is 0.0190. The average molecular weight is 544 g/mol. The van der Waals surface area contributed by atoms with Crippen LogP contribution in [0.4, 0.5) is 5.69 Å². The predicted molar refractivity (Wildman–Crippen MR) is 143 cm³/mol. The first-order valence-corrected chi connectivity index (χ1v) is 12.5. The number of benzene rings is 2.